The lowest BCUT2D eigenvalue weighted by Crippen LogP contribution is -2.43. The van der Waals surface area contributed by atoms with Crippen molar-refractivity contribution in [3.05, 3.63) is 24.3 Å². The van der Waals surface area contributed by atoms with Crippen LogP contribution in [0.3, 0.4) is 0 Å². The Hall–Kier alpha value is -1.80. The Morgan fingerprint density at radius 1 is 1.27 bits per heavy atom. The van der Waals surface area contributed by atoms with Gasteiger partial charge >= 0.3 is 0 Å². The van der Waals surface area contributed by atoms with Crippen molar-refractivity contribution >= 4 is 21.6 Å². The first-order valence-electron chi connectivity index (χ1n) is 8.89. The van der Waals surface area contributed by atoms with Crippen LogP contribution in [0.2, 0.25) is 0 Å². The Balaban J connectivity index is 1.86. The second-order valence-electron chi connectivity index (χ2n) is 6.78. The van der Waals surface area contributed by atoms with Gasteiger partial charge in [-0.1, -0.05) is 0 Å². The molecule has 2 rings (SSSR count). The summed E-state index contributed by atoms with van der Waals surface area (Å²) >= 11 is 0. The van der Waals surface area contributed by atoms with Crippen molar-refractivity contribution in [3.8, 4) is 5.75 Å². The van der Waals surface area contributed by atoms with E-state index in [2.05, 4.69) is 17.3 Å². The van der Waals surface area contributed by atoms with E-state index in [0.717, 1.165) is 25.9 Å². The predicted molar refractivity (Wildman–Crippen MR) is 103 cm³/mol. The van der Waals surface area contributed by atoms with Crippen LogP contribution in [0.1, 0.15) is 25.7 Å². The topological polar surface area (TPSA) is 79.0 Å². The van der Waals surface area contributed by atoms with Gasteiger partial charge in [-0.15, -0.1) is 0 Å². The maximum absolute atomic E-state index is 12.1. The number of sulfonamides is 1. The molecule has 1 N–H and O–H groups in total. The van der Waals surface area contributed by atoms with Crippen molar-refractivity contribution in [1.29, 1.82) is 0 Å². The van der Waals surface area contributed by atoms with Gasteiger partial charge in [0.15, 0.2) is 0 Å². The molecule has 7 nitrogen and oxygen atoms in total. The third kappa shape index (κ3) is 6.17. The van der Waals surface area contributed by atoms with Crippen LogP contribution < -0.4 is 14.4 Å². The molecular formula is C18H29N3O4S. The van der Waals surface area contributed by atoms with E-state index in [9.17, 15) is 13.2 Å². The van der Waals surface area contributed by atoms with Crippen LogP contribution in [0.25, 0.3) is 0 Å². The zero-order valence-electron chi connectivity index (χ0n) is 15.8. The zero-order valence-corrected chi connectivity index (χ0v) is 16.6. The third-order valence-corrected chi connectivity index (χ3v) is 5.80. The quantitative estimate of drug-likeness (QED) is 0.735. The van der Waals surface area contributed by atoms with E-state index in [1.807, 2.05) is 0 Å². The van der Waals surface area contributed by atoms with Gasteiger partial charge in [0.05, 0.1) is 19.1 Å². The van der Waals surface area contributed by atoms with Crippen LogP contribution in [0.4, 0.5) is 5.69 Å². The van der Waals surface area contributed by atoms with Gasteiger partial charge < -0.3 is 15.0 Å². The van der Waals surface area contributed by atoms with E-state index in [4.69, 9.17) is 4.74 Å². The molecule has 0 spiro atoms. The highest BCUT2D eigenvalue weighted by atomic mass is 32.2. The number of nitrogens with zero attached hydrogens (tertiary/aromatic N) is 2. The monoisotopic (exact) mass is 383 g/mol. The van der Waals surface area contributed by atoms with Gasteiger partial charge in [0.25, 0.3) is 0 Å². The van der Waals surface area contributed by atoms with E-state index in [0.29, 0.717) is 24.3 Å². The Morgan fingerprint density at radius 3 is 2.42 bits per heavy atom. The molecule has 1 saturated heterocycles. The minimum Gasteiger partial charge on any atom is -0.497 e. The molecule has 0 atom stereocenters. The molecule has 0 aliphatic carbocycles. The highest BCUT2D eigenvalue weighted by molar-refractivity contribution is 7.92. The Labute approximate surface area is 156 Å². The summed E-state index contributed by atoms with van der Waals surface area (Å²) in [4.78, 5) is 14.4. The predicted octanol–water partition coefficient (Wildman–Crippen LogP) is 1.45. The molecule has 1 heterocycles. The number of carbonyl (C=O) groups excluding carboxylic acids is 1. The molecule has 0 radical (unpaired) electrons. The van der Waals surface area contributed by atoms with Crippen molar-refractivity contribution in [1.82, 2.24) is 10.2 Å². The smallest absolute Gasteiger partial charge is 0.232 e. The Kier molecular flexibility index (Phi) is 7.28. The summed E-state index contributed by atoms with van der Waals surface area (Å²) in [6, 6.07) is 7.09. The van der Waals surface area contributed by atoms with Gasteiger partial charge in [-0.05, 0) is 63.7 Å². The first-order chi connectivity index (χ1) is 12.3. The summed E-state index contributed by atoms with van der Waals surface area (Å²) in [6.07, 6.45) is 3.88. The Bertz CT molecular complexity index is 683. The fourth-order valence-corrected chi connectivity index (χ4v) is 4.04. The number of benzene rings is 1. The number of ether oxygens (including phenoxy) is 1. The van der Waals surface area contributed by atoms with Gasteiger partial charge in [0.2, 0.25) is 15.9 Å². The number of rotatable bonds is 8. The highest BCUT2D eigenvalue weighted by Gasteiger charge is 2.20. The normalized spacial score (nSPS) is 16.3. The highest BCUT2D eigenvalue weighted by Crippen LogP contribution is 2.22. The van der Waals surface area contributed by atoms with Crippen molar-refractivity contribution < 1.29 is 17.9 Å². The molecule has 0 aromatic heterocycles. The first kappa shape index (κ1) is 20.5. The van der Waals surface area contributed by atoms with Crippen LogP contribution in [0.15, 0.2) is 24.3 Å². The van der Waals surface area contributed by atoms with Crippen molar-refractivity contribution in [2.24, 2.45) is 0 Å². The van der Waals surface area contributed by atoms with E-state index in [1.165, 1.54) is 10.6 Å². The van der Waals surface area contributed by atoms with Crippen LogP contribution >= 0.6 is 0 Å². The van der Waals surface area contributed by atoms with E-state index >= 15 is 0 Å². The SMILES string of the molecule is COc1ccc(N(CCCC(=O)NC2CCN(C)CC2)S(C)(=O)=O)cc1. The van der Waals surface area contributed by atoms with Crippen LogP contribution in [0, 0.1) is 0 Å². The van der Waals surface area contributed by atoms with Crippen molar-refractivity contribution in [3.63, 3.8) is 0 Å². The number of nitrogens with one attached hydrogen (secondary N) is 1. The van der Waals surface area contributed by atoms with E-state index in [1.54, 1.807) is 31.4 Å². The van der Waals surface area contributed by atoms with Crippen molar-refractivity contribution in [2.45, 2.75) is 31.7 Å². The molecule has 1 amide bonds. The van der Waals surface area contributed by atoms with Crippen LogP contribution in [0.5, 0.6) is 5.75 Å². The third-order valence-electron chi connectivity index (χ3n) is 4.61. The second-order valence-corrected chi connectivity index (χ2v) is 8.69. The first-order valence-corrected chi connectivity index (χ1v) is 10.7. The van der Waals surface area contributed by atoms with Gasteiger partial charge in [0, 0.05) is 19.0 Å². The molecule has 1 aromatic rings. The fraction of sp³-hybridized carbons (Fsp3) is 0.611. The standard InChI is InChI=1S/C18H29N3O4S/c1-20-13-10-15(11-14-20)19-18(22)5-4-12-21(26(3,23)24)16-6-8-17(25-2)9-7-16/h6-9,15H,4-5,10-14H2,1-3H3,(H,19,22). The molecular weight excluding hydrogens is 354 g/mol. The molecule has 0 saturated carbocycles. The molecule has 146 valence electrons. The van der Waals surface area contributed by atoms with Crippen molar-refractivity contribution in [2.75, 3.05) is 44.4 Å². The summed E-state index contributed by atoms with van der Waals surface area (Å²) in [6.45, 7) is 2.25. The number of methoxy groups -OCH3 is 1. The van der Waals surface area contributed by atoms with Crippen LogP contribution in [-0.4, -0.2) is 65.3 Å². The summed E-state index contributed by atoms with van der Waals surface area (Å²) in [5.74, 6) is 0.655. The number of likely N-dealkylation sites (tertiary alicyclic amines) is 1. The molecule has 1 aliphatic heterocycles. The van der Waals surface area contributed by atoms with Gasteiger partial charge in [0.1, 0.15) is 5.75 Å². The fourth-order valence-electron chi connectivity index (χ4n) is 3.07. The largest absolute Gasteiger partial charge is 0.497 e. The number of amides is 1. The molecule has 0 unspecified atom stereocenters. The minimum atomic E-state index is -3.41. The van der Waals surface area contributed by atoms with Gasteiger partial charge in [-0.2, -0.15) is 0 Å². The number of carbonyl (C=O) groups is 1. The van der Waals surface area contributed by atoms with Gasteiger partial charge in [-0.25, -0.2) is 8.42 Å². The minimum absolute atomic E-state index is 0.0114. The van der Waals surface area contributed by atoms with Crippen LogP contribution in [-0.2, 0) is 14.8 Å². The van der Waals surface area contributed by atoms with E-state index in [-0.39, 0.29) is 18.5 Å². The Morgan fingerprint density at radius 2 is 1.88 bits per heavy atom. The molecule has 8 heteroatoms. The van der Waals surface area contributed by atoms with E-state index < -0.39 is 10.0 Å². The second kappa shape index (κ2) is 9.23. The average molecular weight is 384 g/mol. The maximum Gasteiger partial charge on any atom is 0.232 e. The summed E-state index contributed by atoms with van der Waals surface area (Å²) < 4.78 is 30.6. The average Bonchev–Trinajstić information content (AvgIpc) is 2.60. The summed E-state index contributed by atoms with van der Waals surface area (Å²) in [5, 5.41) is 3.06. The van der Waals surface area contributed by atoms with Gasteiger partial charge in [-0.3, -0.25) is 9.10 Å². The number of piperidine rings is 1. The number of hydrogen-bond acceptors (Lipinski definition) is 5. The summed E-state index contributed by atoms with van der Waals surface area (Å²) in [7, 11) is 0.229. The molecule has 1 aromatic carbocycles. The lowest BCUT2D eigenvalue weighted by Gasteiger charge is -2.29. The lowest BCUT2D eigenvalue weighted by molar-refractivity contribution is -0.122. The number of anilines is 1. The number of hydrogen-bond donors (Lipinski definition) is 1. The molecule has 1 aliphatic rings. The zero-order chi connectivity index (χ0) is 19.2. The maximum atomic E-state index is 12.1. The lowest BCUT2D eigenvalue weighted by atomic mass is 10.1. The molecule has 0 bridgehead atoms. The summed E-state index contributed by atoms with van der Waals surface area (Å²) in [5.41, 5.74) is 0.573. The molecule has 1 fully saturated rings. The molecule has 26 heavy (non-hydrogen) atoms.